The first-order valence-corrected chi connectivity index (χ1v) is 6.68. The topological polar surface area (TPSA) is 21.1 Å². The molecule has 2 aromatic rings. The van der Waals surface area contributed by atoms with Crippen LogP contribution in [0.25, 0.3) is 17.1 Å². The molecular formula is C15H21N3. The molecule has 1 aliphatic rings. The van der Waals surface area contributed by atoms with Crippen molar-refractivity contribution in [1.82, 2.24) is 9.55 Å². The molecule has 0 spiro atoms. The highest BCUT2D eigenvalue weighted by Crippen LogP contribution is 2.33. The van der Waals surface area contributed by atoms with Gasteiger partial charge in [0.05, 0.1) is 0 Å². The van der Waals surface area contributed by atoms with E-state index in [0.717, 1.165) is 18.7 Å². The van der Waals surface area contributed by atoms with Crippen molar-refractivity contribution in [1.29, 1.82) is 0 Å². The van der Waals surface area contributed by atoms with Gasteiger partial charge in [-0.05, 0) is 19.1 Å². The van der Waals surface area contributed by atoms with Crippen LogP contribution in [0, 0.1) is 0 Å². The van der Waals surface area contributed by atoms with E-state index in [9.17, 15) is 0 Å². The Labute approximate surface area is 109 Å². The van der Waals surface area contributed by atoms with Crippen molar-refractivity contribution < 1.29 is 0 Å². The number of anilines is 1. The lowest BCUT2D eigenvalue weighted by molar-refractivity contribution is 0.819. The first-order valence-electron chi connectivity index (χ1n) is 6.68. The molecule has 18 heavy (non-hydrogen) atoms. The van der Waals surface area contributed by atoms with Crippen LogP contribution in [0.3, 0.4) is 0 Å². The van der Waals surface area contributed by atoms with Gasteiger partial charge in [-0.3, -0.25) is 0 Å². The van der Waals surface area contributed by atoms with Crippen molar-refractivity contribution in [2.75, 3.05) is 18.0 Å². The first kappa shape index (κ1) is 12.7. The molecule has 3 rings (SSSR count). The molecule has 0 aromatic carbocycles. The van der Waals surface area contributed by atoms with Gasteiger partial charge in [0.2, 0.25) is 0 Å². The third-order valence-corrected chi connectivity index (χ3v) is 3.24. The summed E-state index contributed by atoms with van der Waals surface area (Å²) in [5.74, 6) is 1.29. The van der Waals surface area contributed by atoms with Gasteiger partial charge in [-0.15, -0.1) is 0 Å². The maximum atomic E-state index is 4.46. The Hall–Kier alpha value is -1.77. The van der Waals surface area contributed by atoms with E-state index >= 15 is 0 Å². The summed E-state index contributed by atoms with van der Waals surface area (Å²) in [5.41, 5.74) is 2.37. The summed E-state index contributed by atoms with van der Waals surface area (Å²) in [6, 6.07) is 4.14. The number of fused-ring (bicyclic) bond motifs is 3. The summed E-state index contributed by atoms with van der Waals surface area (Å²) in [7, 11) is 2.09. The van der Waals surface area contributed by atoms with Crippen LogP contribution < -0.4 is 4.90 Å². The third kappa shape index (κ3) is 1.80. The van der Waals surface area contributed by atoms with Gasteiger partial charge in [-0.1, -0.05) is 26.0 Å². The summed E-state index contributed by atoms with van der Waals surface area (Å²) in [5, 5.41) is 1.24. The SMILES string of the molecule is CC.CCN1CC=Cc2c1n(C)c1ncccc21. The lowest BCUT2D eigenvalue weighted by Gasteiger charge is -2.25. The van der Waals surface area contributed by atoms with Gasteiger partial charge in [0.15, 0.2) is 0 Å². The molecule has 3 heterocycles. The number of aryl methyl sites for hydroxylation is 1. The van der Waals surface area contributed by atoms with Crippen LogP contribution in [0.15, 0.2) is 24.4 Å². The summed E-state index contributed by atoms with van der Waals surface area (Å²) in [6.45, 7) is 8.21. The normalized spacial score (nSPS) is 13.2. The molecular weight excluding hydrogens is 222 g/mol. The highest BCUT2D eigenvalue weighted by atomic mass is 15.2. The molecule has 0 fully saturated rings. The molecule has 0 bridgehead atoms. The average molecular weight is 243 g/mol. The Bertz CT molecular complexity index is 566. The molecule has 3 nitrogen and oxygen atoms in total. The summed E-state index contributed by atoms with van der Waals surface area (Å²) in [4.78, 5) is 6.83. The highest BCUT2D eigenvalue weighted by Gasteiger charge is 2.20. The molecule has 0 N–H and O–H groups in total. The molecule has 0 amide bonds. The van der Waals surface area contributed by atoms with Crippen LogP contribution in [-0.4, -0.2) is 22.6 Å². The number of hydrogen-bond donors (Lipinski definition) is 0. The lowest BCUT2D eigenvalue weighted by Crippen LogP contribution is -2.27. The van der Waals surface area contributed by atoms with Crippen molar-refractivity contribution in [3.8, 4) is 0 Å². The van der Waals surface area contributed by atoms with Crippen molar-refractivity contribution in [2.24, 2.45) is 7.05 Å². The van der Waals surface area contributed by atoms with Crippen molar-refractivity contribution in [3.05, 3.63) is 30.0 Å². The van der Waals surface area contributed by atoms with Gasteiger partial charge in [-0.25, -0.2) is 4.98 Å². The first-order chi connectivity index (χ1) is 8.83. The van der Waals surface area contributed by atoms with Gasteiger partial charge in [0, 0.05) is 37.3 Å². The number of likely N-dealkylation sites (N-methyl/N-ethyl adjacent to an activating group) is 1. The number of nitrogens with zero attached hydrogens (tertiary/aromatic N) is 3. The Balaban J connectivity index is 0.000000574. The fourth-order valence-electron chi connectivity index (χ4n) is 2.49. The zero-order valence-corrected chi connectivity index (χ0v) is 11.6. The minimum atomic E-state index is 0.994. The van der Waals surface area contributed by atoms with Gasteiger partial charge in [-0.2, -0.15) is 0 Å². The van der Waals surface area contributed by atoms with Gasteiger partial charge in [0.1, 0.15) is 11.5 Å². The summed E-state index contributed by atoms with van der Waals surface area (Å²) < 4.78 is 2.19. The van der Waals surface area contributed by atoms with E-state index in [1.807, 2.05) is 26.1 Å². The molecule has 0 radical (unpaired) electrons. The third-order valence-electron chi connectivity index (χ3n) is 3.24. The van der Waals surface area contributed by atoms with Crippen molar-refractivity contribution in [3.63, 3.8) is 0 Å². The second-order valence-corrected chi connectivity index (χ2v) is 4.11. The maximum Gasteiger partial charge on any atom is 0.141 e. The molecule has 0 aliphatic carbocycles. The van der Waals surface area contributed by atoms with Gasteiger partial charge in [0.25, 0.3) is 0 Å². The number of hydrogen-bond acceptors (Lipinski definition) is 2. The minimum absolute atomic E-state index is 0.994. The zero-order chi connectivity index (χ0) is 13.1. The quantitative estimate of drug-likeness (QED) is 0.765. The fourth-order valence-corrected chi connectivity index (χ4v) is 2.49. The predicted octanol–water partition coefficient (Wildman–Crippen LogP) is 3.45. The Morgan fingerprint density at radius 1 is 1.33 bits per heavy atom. The Kier molecular flexibility index (Phi) is 3.70. The lowest BCUT2D eigenvalue weighted by atomic mass is 10.1. The summed E-state index contributed by atoms with van der Waals surface area (Å²) >= 11 is 0. The molecule has 96 valence electrons. The van der Waals surface area contributed by atoms with E-state index in [0.29, 0.717) is 0 Å². The molecule has 1 aliphatic heterocycles. The van der Waals surface area contributed by atoms with Crippen LogP contribution in [0.4, 0.5) is 5.82 Å². The number of aromatic nitrogens is 2. The van der Waals surface area contributed by atoms with Gasteiger partial charge >= 0.3 is 0 Å². The molecule has 0 atom stereocenters. The van der Waals surface area contributed by atoms with Crippen LogP contribution in [0.5, 0.6) is 0 Å². The van der Waals surface area contributed by atoms with Crippen LogP contribution in [-0.2, 0) is 7.05 Å². The second-order valence-electron chi connectivity index (χ2n) is 4.11. The predicted molar refractivity (Wildman–Crippen MR) is 79.0 cm³/mol. The summed E-state index contributed by atoms with van der Waals surface area (Å²) in [6.07, 6.45) is 6.29. The number of pyridine rings is 1. The molecule has 0 saturated heterocycles. The van der Waals surface area contributed by atoms with Crippen molar-refractivity contribution >= 4 is 22.9 Å². The maximum absolute atomic E-state index is 4.46. The van der Waals surface area contributed by atoms with E-state index in [1.165, 1.54) is 16.8 Å². The molecule has 3 heteroatoms. The molecule has 0 saturated carbocycles. The van der Waals surface area contributed by atoms with Crippen LogP contribution in [0.2, 0.25) is 0 Å². The fraction of sp³-hybridized carbons (Fsp3) is 0.400. The van der Waals surface area contributed by atoms with E-state index in [4.69, 9.17) is 0 Å². The van der Waals surface area contributed by atoms with E-state index in [2.05, 4.69) is 46.6 Å². The van der Waals surface area contributed by atoms with E-state index in [-0.39, 0.29) is 0 Å². The Morgan fingerprint density at radius 2 is 2.11 bits per heavy atom. The smallest absolute Gasteiger partial charge is 0.141 e. The van der Waals surface area contributed by atoms with E-state index < -0.39 is 0 Å². The average Bonchev–Trinajstić information content (AvgIpc) is 2.75. The Morgan fingerprint density at radius 3 is 2.83 bits per heavy atom. The van der Waals surface area contributed by atoms with Gasteiger partial charge < -0.3 is 9.47 Å². The molecule has 2 aromatic heterocycles. The number of rotatable bonds is 1. The second kappa shape index (κ2) is 5.25. The minimum Gasteiger partial charge on any atom is -0.354 e. The molecule has 0 unspecified atom stereocenters. The zero-order valence-electron chi connectivity index (χ0n) is 11.6. The highest BCUT2D eigenvalue weighted by molar-refractivity contribution is 5.95. The monoisotopic (exact) mass is 243 g/mol. The van der Waals surface area contributed by atoms with Crippen LogP contribution in [0.1, 0.15) is 26.3 Å². The van der Waals surface area contributed by atoms with E-state index in [1.54, 1.807) is 0 Å². The standard InChI is InChI=1S/C13H15N3.C2H6/c1-3-16-9-5-7-11-10-6-4-8-14-12(10)15(2)13(11)16;1-2/h4-8H,3,9H2,1-2H3;1-2H3. The largest absolute Gasteiger partial charge is 0.354 e. The van der Waals surface area contributed by atoms with Crippen LogP contribution >= 0.6 is 0 Å². The van der Waals surface area contributed by atoms with Crippen molar-refractivity contribution in [2.45, 2.75) is 20.8 Å².